The van der Waals surface area contributed by atoms with E-state index in [9.17, 15) is 0 Å². The first-order valence-corrected chi connectivity index (χ1v) is 6.10. The summed E-state index contributed by atoms with van der Waals surface area (Å²) in [5.74, 6) is 0. The molecular weight excluding hydrogens is 198 g/mol. The monoisotopic (exact) mass is 221 g/mol. The van der Waals surface area contributed by atoms with Crippen LogP contribution < -0.4 is 5.32 Å². The Morgan fingerprint density at radius 3 is 2.56 bits per heavy atom. The summed E-state index contributed by atoms with van der Waals surface area (Å²) in [5, 5.41) is 3.44. The van der Waals surface area contributed by atoms with Gasteiger partial charge in [0.05, 0.1) is 0 Å². The first kappa shape index (κ1) is 13.1. The molecule has 0 aliphatic rings. The number of nitrogens with one attached hydrogen (secondary N) is 1. The maximum absolute atomic E-state index is 4.04. The largest absolute Gasteiger partial charge is 0.313 e. The smallest absolute Gasteiger partial charge is 0.0271 e. The van der Waals surface area contributed by atoms with Gasteiger partial charge in [0.2, 0.25) is 0 Å². The fraction of sp³-hybridized carbons (Fsp3) is 0.615. The fourth-order valence-electron chi connectivity index (χ4n) is 1.85. The summed E-state index contributed by atoms with van der Waals surface area (Å²) in [4.78, 5) is 6.49. The van der Waals surface area contributed by atoms with Crippen LogP contribution >= 0.6 is 0 Å². The molecule has 3 heteroatoms. The van der Waals surface area contributed by atoms with Crippen LogP contribution in [0.2, 0.25) is 0 Å². The normalized spacial score (nSPS) is 13.0. The molecule has 0 aliphatic carbocycles. The Balaban J connectivity index is 2.43. The molecule has 16 heavy (non-hydrogen) atoms. The van der Waals surface area contributed by atoms with Crippen molar-refractivity contribution in [3.8, 4) is 0 Å². The number of aromatic nitrogens is 1. The van der Waals surface area contributed by atoms with Crippen LogP contribution in [-0.2, 0) is 6.54 Å². The molecular formula is C13H23N3. The van der Waals surface area contributed by atoms with Crippen LogP contribution in [0.25, 0.3) is 0 Å². The molecule has 1 heterocycles. The van der Waals surface area contributed by atoms with E-state index in [1.165, 1.54) is 5.56 Å². The highest BCUT2D eigenvalue weighted by molar-refractivity contribution is 5.09. The molecule has 0 amide bonds. The van der Waals surface area contributed by atoms with Gasteiger partial charge >= 0.3 is 0 Å². The Hall–Kier alpha value is -0.930. The second kappa shape index (κ2) is 7.36. The van der Waals surface area contributed by atoms with E-state index < -0.39 is 0 Å². The van der Waals surface area contributed by atoms with E-state index in [1.807, 2.05) is 12.4 Å². The Morgan fingerprint density at radius 2 is 2.00 bits per heavy atom. The van der Waals surface area contributed by atoms with Crippen molar-refractivity contribution in [2.24, 2.45) is 0 Å². The lowest BCUT2D eigenvalue weighted by Crippen LogP contribution is -2.38. The molecule has 1 N–H and O–H groups in total. The van der Waals surface area contributed by atoms with E-state index >= 15 is 0 Å². The number of hydrogen-bond donors (Lipinski definition) is 1. The lowest BCUT2D eigenvalue weighted by molar-refractivity contribution is 0.252. The van der Waals surface area contributed by atoms with Gasteiger partial charge in [-0.2, -0.15) is 0 Å². The van der Waals surface area contributed by atoms with Gasteiger partial charge in [-0.3, -0.25) is 9.88 Å². The molecule has 1 rings (SSSR count). The van der Waals surface area contributed by atoms with E-state index in [4.69, 9.17) is 0 Å². The quantitative estimate of drug-likeness (QED) is 0.762. The number of hydrogen-bond acceptors (Lipinski definition) is 3. The first-order valence-electron chi connectivity index (χ1n) is 6.10. The fourth-order valence-corrected chi connectivity index (χ4v) is 1.85. The van der Waals surface area contributed by atoms with Crippen LogP contribution in [0.4, 0.5) is 0 Å². The van der Waals surface area contributed by atoms with Crippen LogP contribution in [-0.4, -0.2) is 35.6 Å². The van der Waals surface area contributed by atoms with Crippen molar-refractivity contribution >= 4 is 0 Å². The van der Waals surface area contributed by atoms with Crippen LogP contribution in [0.5, 0.6) is 0 Å². The van der Waals surface area contributed by atoms with Gasteiger partial charge in [0.15, 0.2) is 0 Å². The number of likely N-dealkylation sites (N-methyl/N-ethyl adjacent to an activating group) is 2. The molecule has 3 nitrogen and oxygen atoms in total. The third-order valence-corrected chi connectivity index (χ3v) is 2.69. The molecule has 90 valence electrons. The first-order chi connectivity index (χ1) is 7.76. The molecule has 0 saturated carbocycles. The highest BCUT2D eigenvalue weighted by Crippen LogP contribution is 2.03. The van der Waals surface area contributed by atoms with Crippen molar-refractivity contribution in [1.82, 2.24) is 15.2 Å². The Morgan fingerprint density at radius 1 is 1.31 bits per heavy atom. The minimum absolute atomic E-state index is 0.548. The van der Waals surface area contributed by atoms with E-state index in [0.717, 1.165) is 26.2 Å². The van der Waals surface area contributed by atoms with E-state index in [-0.39, 0.29) is 0 Å². The molecule has 0 radical (unpaired) electrons. The average molecular weight is 221 g/mol. The molecule has 1 unspecified atom stereocenters. The Labute approximate surface area is 98.9 Å². The minimum Gasteiger partial charge on any atom is -0.313 e. The second-order valence-electron chi connectivity index (χ2n) is 4.14. The van der Waals surface area contributed by atoms with Crippen LogP contribution in [0.15, 0.2) is 24.5 Å². The van der Waals surface area contributed by atoms with Crippen LogP contribution in [0, 0.1) is 0 Å². The van der Waals surface area contributed by atoms with Gasteiger partial charge < -0.3 is 5.32 Å². The van der Waals surface area contributed by atoms with Gasteiger partial charge in [0.25, 0.3) is 0 Å². The van der Waals surface area contributed by atoms with Gasteiger partial charge in [-0.05, 0) is 37.7 Å². The van der Waals surface area contributed by atoms with E-state index in [1.54, 1.807) is 0 Å². The summed E-state index contributed by atoms with van der Waals surface area (Å²) >= 11 is 0. The zero-order chi connectivity index (χ0) is 11.8. The Kier molecular flexibility index (Phi) is 6.04. The maximum atomic E-state index is 4.04. The lowest BCUT2D eigenvalue weighted by Gasteiger charge is -2.24. The highest BCUT2D eigenvalue weighted by atomic mass is 15.1. The molecule has 0 aromatic carbocycles. The number of rotatable bonds is 7. The predicted molar refractivity (Wildman–Crippen MR) is 68.3 cm³/mol. The van der Waals surface area contributed by atoms with Crippen LogP contribution in [0.1, 0.15) is 26.3 Å². The van der Waals surface area contributed by atoms with E-state index in [0.29, 0.717) is 6.04 Å². The third kappa shape index (κ3) is 4.73. The topological polar surface area (TPSA) is 28.2 Å². The number of nitrogens with zero attached hydrogens (tertiary/aromatic N) is 2. The SMILES string of the molecule is CCNC(C)CN(CC)Cc1ccncc1. The van der Waals surface area contributed by atoms with Crippen molar-refractivity contribution in [3.63, 3.8) is 0 Å². The summed E-state index contributed by atoms with van der Waals surface area (Å²) in [5.41, 5.74) is 1.33. The molecule has 0 fully saturated rings. The minimum atomic E-state index is 0.548. The van der Waals surface area contributed by atoms with Gasteiger partial charge in [-0.25, -0.2) is 0 Å². The standard InChI is InChI=1S/C13H23N3/c1-4-15-12(3)10-16(5-2)11-13-6-8-14-9-7-13/h6-9,12,15H,4-5,10-11H2,1-3H3. The summed E-state index contributed by atoms with van der Waals surface area (Å²) < 4.78 is 0. The van der Waals surface area contributed by atoms with Crippen molar-refractivity contribution in [3.05, 3.63) is 30.1 Å². The highest BCUT2D eigenvalue weighted by Gasteiger charge is 2.07. The van der Waals surface area contributed by atoms with Crippen molar-refractivity contribution in [2.75, 3.05) is 19.6 Å². The summed E-state index contributed by atoms with van der Waals surface area (Å²) in [6, 6.07) is 4.72. The number of pyridine rings is 1. The third-order valence-electron chi connectivity index (χ3n) is 2.69. The molecule has 0 spiro atoms. The van der Waals surface area contributed by atoms with Gasteiger partial charge in [-0.1, -0.05) is 13.8 Å². The average Bonchev–Trinajstić information content (AvgIpc) is 2.30. The van der Waals surface area contributed by atoms with E-state index in [2.05, 4.69) is 48.1 Å². The summed E-state index contributed by atoms with van der Waals surface area (Å²) in [6.45, 7) is 10.8. The van der Waals surface area contributed by atoms with Crippen molar-refractivity contribution in [1.29, 1.82) is 0 Å². The molecule has 1 aromatic heterocycles. The van der Waals surface area contributed by atoms with Gasteiger partial charge in [0.1, 0.15) is 0 Å². The maximum Gasteiger partial charge on any atom is 0.0271 e. The molecule has 0 bridgehead atoms. The zero-order valence-corrected chi connectivity index (χ0v) is 10.6. The lowest BCUT2D eigenvalue weighted by atomic mass is 10.2. The summed E-state index contributed by atoms with van der Waals surface area (Å²) in [7, 11) is 0. The van der Waals surface area contributed by atoms with Gasteiger partial charge in [-0.15, -0.1) is 0 Å². The second-order valence-corrected chi connectivity index (χ2v) is 4.14. The van der Waals surface area contributed by atoms with Crippen LogP contribution in [0.3, 0.4) is 0 Å². The van der Waals surface area contributed by atoms with Crippen molar-refractivity contribution < 1.29 is 0 Å². The molecule has 1 atom stereocenters. The Bertz CT molecular complexity index is 274. The molecule has 0 aliphatic heterocycles. The van der Waals surface area contributed by atoms with Gasteiger partial charge in [0, 0.05) is 31.5 Å². The molecule has 1 aromatic rings. The van der Waals surface area contributed by atoms with Crippen molar-refractivity contribution in [2.45, 2.75) is 33.4 Å². The predicted octanol–water partition coefficient (Wildman–Crippen LogP) is 1.90. The summed E-state index contributed by atoms with van der Waals surface area (Å²) in [6.07, 6.45) is 3.72. The molecule has 0 saturated heterocycles. The zero-order valence-electron chi connectivity index (χ0n) is 10.6.